The highest BCUT2D eigenvalue weighted by Crippen LogP contribution is 2.33. The SMILES string of the molecule is COC(=O)NCC(C)(C)c1cc(Br)ccc1OC. The zero-order valence-corrected chi connectivity index (χ0v) is 12.6. The molecule has 0 radical (unpaired) electrons. The van der Waals surface area contributed by atoms with Gasteiger partial charge in [-0.2, -0.15) is 0 Å². The molecule has 100 valence electrons. The fourth-order valence-corrected chi connectivity index (χ4v) is 2.03. The predicted octanol–water partition coefficient (Wildman–Crippen LogP) is 3.09. The lowest BCUT2D eigenvalue weighted by Gasteiger charge is -2.27. The van der Waals surface area contributed by atoms with Crippen molar-refractivity contribution in [3.05, 3.63) is 28.2 Å². The first kappa shape index (κ1) is 14.8. The van der Waals surface area contributed by atoms with Crippen LogP contribution in [0.4, 0.5) is 4.79 Å². The van der Waals surface area contributed by atoms with E-state index in [9.17, 15) is 4.79 Å². The summed E-state index contributed by atoms with van der Waals surface area (Å²) >= 11 is 3.44. The molecule has 4 nitrogen and oxygen atoms in total. The Balaban J connectivity index is 2.95. The van der Waals surface area contributed by atoms with Gasteiger partial charge in [0.2, 0.25) is 0 Å². The van der Waals surface area contributed by atoms with Crippen LogP contribution < -0.4 is 10.1 Å². The summed E-state index contributed by atoms with van der Waals surface area (Å²) in [6.45, 7) is 4.53. The second-order valence-electron chi connectivity index (χ2n) is 4.57. The molecule has 18 heavy (non-hydrogen) atoms. The monoisotopic (exact) mass is 315 g/mol. The van der Waals surface area contributed by atoms with Crippen LogP contribution in [0.15, 0.2) is 22.7 Å². The summed E-state index contributed by atoms with van der Waals surface area (Å²) in [4.78, 5) is 11.1. The fraction of sp³-hybridized carbons (Fsp3) is 0.462. The fourth-order valence-electron chi connectivity index (χ4n) is 1.67. The van der Waals surface area contributed by atoms with Crippen molar-refractivity contribution < 1.29 is 14.3 Å². The Bertz CT molecular complexity index is 432. The zero-order valence-electron chi connectivity index (χ0n) is 11.0. The maximum Gasteiger partial charge on any atom is 0.406 e. The Labute approximate surface area is 116 Å². The summed E-state index contributed by atoms with van der Waals surface area (Å²) in [5.41, 5.74) is 0.763. The van der Waals surface area contributed by atoms with Crippen LogP contribution in [0.3, 0.4) is 0 Å². The lowest BCUT2D eigenvalue weighted by atomic mass is 9.84. The largest absolute Gasteiger partial charge is 0.496 e. The molecule has 1 amide bonds. The molecule has 0 aliphatic rings. The van der Waals surface area contributed by atoms with Gasteiger partial charge in [-0.15, -0.1) is 0 Å². The van der Waals surface area contributed by atoms with Gasteiger partial charge in [-0.25, -0.2) is 4.79 Å². The Morgan fingerprint density at radius 1 is 1.39 bits per heavy atom. The van der Waals surface area contributed by atoms with Crippen LogP contribution in [0.5, 0.6) is 5.75 Å². The highest BCUT2D eigenvalue weighted by atomic mass is 79.9. The second kappa shape index (κ2) is 6.09. The number of carbonyl (C=O) groups is 1. The minimum atomic E-state index is -0.433. The van der Waals surface area contributed by atoms with Gasteiger partial charge in [0.05, 0.1) is 14.2 Å². The highest BCUT2D eigenvalue weighted by Gasteiger charge is 2.25. The number of rotatable bonds is 4. The quantitative estimate of drug-likeness (QED) is 0.928. The van der Waals surface area contributed by atoms with E-state index in [0.29, 0.717) is 6.54 Å². The Hall–Kier alpha value is -1.23. The van der Waals surface area contributed by atoms with E-state index in [2.05, 4.69) is 26.0 Å². The van der Waals surface area contributed by atoms with E-state index in [1.165, 1.54) is 7.11 Å². The van der Waals surface area contributed by atoms with E-state index in [1.54, 1.807) is 7.11 Å². The summed E-state index contributed by atoms with van der Waals surface area (Å²) in [7, 11) is 2.98. The number of carbonyl (C=O) groups excluding carboxylic acids is 1. The molecule has 0 aliphatic heterocycles. The molecule has 0 aromatic heterocycles. The maximum absolute atomic E-state index is 11.1. The topological polar surface area (TPSA) is 47.6 Å². The third-order valence-corrected chi connectivity index (χ3v) is 3.24. The molecule has 0 unspecified atom stereocenters. The van der Waals surface area contributed by atoms with Crippen molar-refractivity contribution in [3.8, 4) is 5.75 Å². The van der Waals surface area contributed by atoms with Crippen LogP contribution in [0.1, 0.15) is 19.4 Å². The van der Waals surface area contributed by atoms with Gasteiger partial charge >= 0.3 is 6.09 Å². The number of amides is 1. The molecular formula is C13H18BrNO3. The summed E-state index contributed by atoms with van der Waals surface area (Å²) in [5.74, 6) is 0.801. The molecule has 0 spiro atoms. The van der Waals surface area contributed by atoms with E-state index in [1.807, 2.05) is 32.0 Å². The third kappa shape index (κ3) is 3.63. The Morgan fingerprint density at radius 3 is 2.61 bits per heavy atom. The van der Waals surface area contributed by atoms with E-state index in [4.69, 9.17) is 4.74 Å². The number of nitrogens with one attached hydrogen (secondary N) is 1. The van der Waals surface area contributed by atoms with Crippen LogP contribution in [0, 0.1) is 0 Å². The number of hydrogen-bond acceptors (Lipinski definition) is 3. The van der Waals surface area contributed by atoms with Gasteiger partial charge in [0.15, 0.2) is 0 Å². The maximum atomic E-state index is 11.1. The van der Waals surface area contributed by atoms with Crippen molar-refractivity contribution in [1.82, 2.24) is 5.32 Å². The average molecular weight is 316 g/mol. The molecule has 1 aromatic rings. The Kier molecular flexibility index (Phi) is 5.02. The molecule has 0 aliphatic carbocycles. The number of alkyl carbamates (subject to hydrolysis) is 1. The van der Waals surface area contributed by atoms with Crippen molar-refractivity contribution >= 4 is 22.0 Å². The Morgan fingerprint density at radius 2 is 2.06 bits per heavy atom. The molecular weight excluding hydrogens is 298 g/mol. The molecule has 0 saturated carbocycles. The van der Waals surface area contributed by atoms with Gasteiger partial charge in [-0.05, 0) is 18.2 Å². The van der Waals surface area contributed by atoms with Gasteiger partial charge in [0.1, 0.15) is 5.75 Å². The smallest absolute Gasteiger partial charge is 0.406 e. The molecule has 0 heterocycles. The normalized spacial score (nSPS) is 10.9. The average Bonchev–Trinajstić information content (AvgIpc) is 2.36. The first-order valence-electron chi connectivity index (χ1n) is 5.56. The van der Waals surface area contributed by atoms with E-state index >= 15 is 0 Å². The number of halogens is 1. The summed E-state index contributed by atoms with van der Waals surface area (Å²) in [6, 6.07) is 5.82. The van der Waals surface area contributed by atoms with E-state index in [0.717, 1.165) is 15.8 Å². The zero-order chi connectivity index (χ0) is 13.8. The third-order valence-electron chi connectivity index (χ3n) is 2.75. The summed E-state index contributed by atoms with van der Waals surface area (Å²) in [5, 5.41) is 2.71. The van der Waals surface area contributed by atoms with Crippen molar-refractivity contribution in [3.63, 3.8) is 0 Å². The van der Waals surface area contributed by atoms with Crippen LogP contribution in [-0.2, 0) is 10.2 Å². The van der Waals surface area contributed by atoms with Gasteiger partial charge in [-0.3, -0.25) is 0 Å². The van der Waals surface area contributed by atoms with Gasteiger partial charge < -0.3 is 14.8 Å². The summed E-state index contributed by atoms with van der Waals surface area (Å²) < 4.78 is 10.9. The molecule has 0 saturated heterocycles. The van der Waals surface area contributed by atoms with Crippen LogP contribution in [-0.4, -0.2) is 26.9 Å². The number of benzene rings is 1. The van der Waals surface area contributed by atoms with Crippen molar-refractivity contribution in [1.29, 1.82) is 0 Å². The minimum absolute atomic E-state index is 0.261. The van der Waals surface area contributed by atoms with Gasteiger partial charge in [0, 0.05) is 22.0 Å². The molecule has 1 rings (SSSR count). The van der Waals surface area contributed by atoms with Crippen LogP contribution >= 0.6 is 15.9 Å². The number of methoxy groups -OCH3 is 2. The number of ether oxygens (including phenoxy) is 2. The number of hydrogen-bond donors (Lipinski definition) is 1. The van der Waals surface area contributed by atoms with Gasteiger partial charge in [0.25, 0.3) is 0 Å². The van der Waals surface area contributed by atoms with E-state index in [-0.39, 0.29) is 5.41 Å². The molecule has 1 N–H and O–H groups in total. The summed E-state index contributed by atoms with van der Waals surface area (Å²) in [6.07, 6.45) is -0.433. The molecule has 0 atom stereocenters. The first-order chi connectivity index (χ1) is 8.40. The lowest BCUT2D eigenvalue weighted by Crippen LogP contribution is -2.36. The molecule has 1 aromatic carbocycles. The molecule has 0 bridgehead atoms. The minimum Gasteiger partial charge on any atom is -0.496 e. The van der Waals surface area contributed by atoms with Crippen LogP contribution in [0.2, 0.25) is 0 Å². The highest BCUT2D eigenvalue weighted by molar-refractivity contribution is 9.10. The molecule has 0 fully saturated rings. The standard InChI is InChI=1S/C13H18BrNO3/c1-13(2,8-15-12(16)18-4)10-7-9(14)5-6-11(10)17-3/h5-7H,8H2,1-4H3,(H,15,16). The van der Waals surface area contributed by atoms with Crippen LogP contribution in [0.25, 0.3) is 0 Å². The first-order valence-corrected chi connectivity index (χ1v) is 6.36. The second-order valence-corrected chi connectivity index (χ2v) is 5.49. The predicted molar refractivity (Wildman–Crippen MR) is 74.1 cm³/mol. The molecule has 5 heteroatoms. The lowest BCUT2D eigenvalue weighted by molar-refractivity contribution is 0.168. The van der Waals surface area contributed by atoms with Gasteiger partial charge in [-0.1, -0.05) is 29.8 Å². The van der Waals surface area contributed by atoms with E-state index < -0.39 is 6.09 Å². The van der Waals surface area contributed by atoms with Crippen molar-refractivity contribution in [2.24, 2.45) is 0 Å². The van der Waals surface area contributed by atoms with Crippen molar-refractivity contribution in [2.45, 2.75) is 19.3 Å². The van der Waals surface area contributed by atoms with Crippen molar-refractivity contribution in [2.75, 3.05) is 20.8 Å².